The fourth-order valence-electron chi connectivity index (χ4n) is 2.58. The molecule has 4 nitrogen and oxygen atoms in total. The lowest BCUT2D eigenvalue weighted by atomic mass is 9.99. The molecule has 0 aromatic heterocycles. The molecule has 0 fully saturated rings. The van der Waals surface area contributed by atoms with E-state index in [-0.39, 0.29) is 11.8 Å². The van der Waals surface area contributed by atoms with E-state index >= 15 is 0 Å². The van der Waals surface area contributed by atoms with Crippen molar-refractivity contribution in [3.05, 3.63) is 47.5 Å². The van der Waals surface area contributed by atoms with Gasteiger partial charge in [0.05, 0.1) is 6.61 Å². The van der Waals surface area contributed by atoms with Gasteiger partial charge in [-0.25, -0.2) is 0 Å². The molecule has 0 atom stereocenters. The van der Waals surface area contributed by atoms with Crippen LogP contribution in [-0.4, -0.2) is 36.3 Å². The van der Waals surface area contributed by atoms with E-state index in [2.05, 4.69) is 17.1 Å². The van der Waals surface area contributed by atoms with Crippen LogP contribution in [0.25, 0.3) is 0 Å². The Morgan fingerprint density at radius 3 is 2.59 bits per heavy atom. The molecule has 0 N–H and O–H groups in total. The highest BCUT2D eigenvalue weighted by Crippen LogP contribution is 2.16. The third-order valence-corrected chi connectivity index (χ3v) is 3.70. The predicted molar refractivity (Wildman–Crippen MR) is 85.7 cm³/mol. The van der Waals surface area contributed by atoms with Crippen molar-refractivity contribution in [1.29, 1.82) is 0 Å². The maximum Gasteiger partial charge on any atom is 0.305 e. The summed E-state index contributed by atoms with van der Waals surface area (Å²) >= 11 is 0. The Morgan fingerprint density at radius 2 is 1.86 bits per heavy atom. The first-order valence-electron chi connectivity index (χ1n) is 7.84. The summed E-state index contributed by atoms with van der Waals surface area (Å²) in [6.45, 7) is 4.83. The monoisotopic (exact) mass is 301 g/mol. The van der Waals surface area contributed by atoms with Crippen molar-refractivity contribution >= 4 is 11.8 Å². The Hall–Kier alpha value is -1.94. The minimum atomic E-state index is -0.230. The highest BCUT2D eigenvalue weighted by molar-refractivity contribution is 5.97. The predicted octanol–water partition coefficient (Wildman–Crippen LogP) is 2.97. The van der Waals surface area contributed by atoms with Crippen LogP contribution in [0.15, 0.2) is 36.4 Å². The molecule has 1 aromatic carbocycles. The molecule has 1 aliphatic rings. The van der Waals surface area contributed by atoms with Crippen LogP contribution in [0.4, 0.5) is 0 Å². The molecule has 0 bridgehead atoms. The van der Waals surface area contributed by atoms with Gasteiger partial charge in [-0.1, -0.05) is 36.4 Å². The molecule has 0 saturated heterocycles. The second-order valence-electron chi connectivity index (χ2n) is 5.40. The van der Waals surface area contributed by atoms with Crippen molar-refractivity contribution in [2.24, 2.45) is 0 Å². The van der Waals surface area contributed by atoms with E-state index in [0.717, 1.165) is 30.8 Å². The van der Waals surface area contributed by atoms with Gasteiger partial charge >= 0.3 is 5.97 Å². The lowest BCUT2D eigenvalue weighted by Crippen LogP contribution is -2.20. The van der Waals surface area contributed by atoms with Crippen LogP contribution in [0.5, 0.6) is 0 Å². The van der Waals surface area contributed by atoms with Crippen LogP contribution < -0.4 is 0 Å². The van der Waals surface area contributed by atoms with E-state index in [9.17, 15) is 9.59 Å². The van der Waals surface area contributed by atoms with Crippen LogP contribution in [-0.2, 0) is 16.1 Å². The number of hydrogen-bond donors (Lipinski definition) is 0. The van der Waals surface area contributed by atoms with Crippen molar-refractivity contribution < 1.29 is 14.3 Å². The van der Waals surface area contributed by atoms with Gasteiger partial charge in [0.25, 0.3) is 0 Å². The Kier molecular flexibility index (Phi) is 6.34. The molecular formula is C18H23NO3. The second-order valence-corrected chi connectivity index (χ2v) is 5.40. The Labute approximate surface area is 131 Å². The Bertz CT molecular complexity index is 543. The molecule has 118 valence electrons. The van der Waals surface area contributed by atoms with E-state index in [1.54, 1.807) is 6.92 Å². The van der Waals surface area contributed by atoms with Crippen LogP contribution in [0, 0.1) is 0 Å². The molecule has 4 heteroatoms. The molecule has 0 unspecified atom stereocenters. The summed E-state index contributed by atoms with van der Waals surface area (Å²) in [6.07, 6.45) is 5.51. The number of carbonyl (C=O) groups excluding carboxylic acids is 2. The number of hydrogen-bond acceptors (Lipinski definition) is 4. The minimum Gasteiger partial charge on any atom is -0.466 e. The highest BCUT2D eigenvalue weighted by Gasteiger charge is 2.15. The van der Waals surface area contributed by atoms with Gasteiger partial charge in [-0.2, -0.15) is 0 Å². The second kappa shape index (κ2) is 8.49. The molecule has 1 aromatic rings. The fourth-order valence-corrected chi connectivity index (χ4v) is 2.58. The first-order chi connectivity index (χ1) is 10.7. The smallest absolute Gasteiger partial charge is 0.305 e. The molecule has 1 aliphatic heterocycles. The average Bonchev–Trinajstić information content (AvgIpc) is 3.01. The third kappa shape index (κ3) is 4.81. The lowest BCUT2D eigenvalue weighted by Gasteiger charge is -2.17. The van der Waals surface area contributed by atoms with Gasteiger partial charge in [0.15, 0.2) is 5.78 Å². The number of ether oxygens (including phenoxy) is 1. The van der Waals surface area contributed by atoms with Crippen LogP contribution in [0.2, 0.25) is 0 Å². The van der Waals surface area contributed by atoms with E-state index in [1.165, 1.54) is 0 Å². The Balaban J connectivity index is 1.90. The Morgan fingerprint density at radius 1 is 1.14 bits per heavy atom. The van der Waals surface area contributed by atoms with Gasteiger partial charge in [-0.3, -0.25) is 14.5 Å². The van der Waals surface area contributed by atoms with Gasteiger partial charge in [0, 0.05) is 38.0 Å². The van der Waals surface area contributed by atoms with Gasteiger partial charge in [-0.05, 0) is 18.9 Å². The number of ketones is 1. The summed E-state index contributed by atoms with van der Waals surface area (Å²) in [6, 6.07) is 7.75. The molecule has 0 saturated carbocycles. The quantitative estimate of drug-likeness (QED) is 0.421. The number of carbonyl (C=O) groups is 2. The number of Topliss-reactive ketones (excluding diaryl/α,β-unsaturated/α-hetero) is 1. The number of rotatable bonds is 8. The third-order valence-electron chi connectivity index (χ3n) is 3.70. The maximum absolute atomic E-state index is 12.4. The van der Waals surface area contributed by atoms with Crippen LogP contribution in [0.3, 0.4) is 0 Å². The lowest BCUT2D eigenvalue weighted by molar-refractivity contribution is -0.143. The summed E-state index contributed by atoms with van der Waals surface area (Å²) in [4.78, 5) is 26.0. The molecule has 0 spiro atoms. The fraction of sp³-hybridized carbons (Fsp3) is 0.444. The van der Waals surface area contributed by atoms with E-state index in [1.807, 2.05) is 24.3 Å². The average molecular weight is 301 g/mol. The van der Waals surface area contributed by atoms with Crippen molar-refractivity contribution in [2.45, 2.75) is 32.7 Å². The minimum absolute atomic E-state index is 0.104. The molecule has 22 heavy (non-hydrogen) atoms. The SMILES string of the molecule is CCOC(=O)CCCC(=O)c1ccccc1CN1CC=CC1. The summed E-state index contributed by atoms with van der Waals surface area (Å²) < 4.78 is 4.88. The van der Waals surface area contributed by atoms with Gasteiger partial charge in [0.1, 0.15) is 0 Å². The number of esters is 1. The molecular weight excluding hydrogens is 278 g/mol. The topological polar surface area (TPSA) is 46.6 Å². The largest absolute Gasteiger partial charge is 0.466 e. The zero-order chi connectivity index (χ0) is 15.8. The van der Waals surface area contributed by atoms with Gasteiger partial charge < -0.3 is 4.74 Å². The zero-order valence-corrected chi connectivity index (χ0v) is 13.1. The van der Waals surface area contributed by atoms with Crippen molar-refractivity contribution in [3.63, 3.8) is 0 Å². The van der Waals surface area contributed by atoms with Gasteiger partial charge in [-0.15, -0.1) is 0 Å². The first kappa shape index (κ1) is 16.4. The van der Waals surface area contributed by atoms with Crippen molar-refractivity contribution in [2.75, 3.05) is 19.7 Å². The van der Waals surface area contributed by atoms with E-state index in [0.29, 0.717) is 25.9 Å². The van der Waals surface area contributed by atoms with Crippen molar-refractivity contribution in [1.82, 2.24) is 4.90 Å². The summed E-state index contributed by atoms with van der Waals surface area (Å²) in [5.41, 5.74) is 1.84. The number of nitrogens with zero attached hydrogens (tertiary/aromatic N) is 1. The zero-order valence-electron chi connectivity index (χ0n) is 13.1. The van der Waals surface area contributed by atoms with Crippen LogP contribution >= 0.6 is 0 Å². The molecule has 2 rings (SSSR count). The standard InChI is InChI=1S/C18H23NO3/c1-2-22-18(21)11-7-10-17(20)16-9-4-3-8-15(16)14-19-12-5-6-13-19/h3-6,8-9H,2,7,10-14H2,1H3. The highest BCUT2D eigenvalue weighted by atomic mass is 16.5. The van der Waals surface area contributed by atoms with E-state index in [4.69, 9.17) is 4.74 Å². The molecule has 0 amide bonds. The normalized spacial score (nSPS) is 14.2. The van der Waals surface area contributed by atoms with Crippen LogP contribution in [0.1, 0.15) is 42.1 Å². The molecule has 0 aliphatic carbocycles. The first-order valence-corrected chi connectivity index (χ1v) is 7.84. The molecule has 1 heterocycles. The summed E-state index contributed by atoms with van der Waals surface area (Å²) in [7, 11) is 0. The number of benzene rings is 1. The van der Waals surface area contributed by atoms with Crippen molar-refractivity contribution in [3.8, 4) is 0 Å². The van der Waals surface area contributed by atoms with Gasteiger partial charge in [0.2, 0.25) is 0 Å². The molecule has 0 radical (unpaired) electrons. The summed E-state index contributed by atoms with van der Waals surface area (Å²) in [5.74, 6) is -0.126. The maximum atomic E-state index is 12.4. The van der Waals surface area contributed by atoms with E-state index < -0.39 is 0 Å². The summed E-state index contributed by atoms with van der Waals surface area (Å²) in [5, 5.41) is 0.